The van der Waals surface area contributed by atoms with Gasteiger partial charge in [0.25, 0.3) is 0 Å². The molecule has 0 radical (unpaired) electrons. The van der Waals surface area contributed by atoms with E-state index in [1.54, 1.807) is 29.2 Å². The lowest BCUT2D eigenvalue weighted by Gasteiger charge is -2.22. The van der Waals surface area contributed by atoms with Crippen molar-refractivity contribution in [2.45, 2.75) is 44.9 Å². The van der Waals surface area contributed by atoms with Gasteiger partial charge in [-0.15, -0.1) is 0 Å². The molecule has 3 rings (SSSR count). The van der Waals surface area contributed by atoms with Crippen LogP contribution in [0.25, 0.3) is 0 Å². The van der Waals surface area contributed by atoms with Crippen LogP contribution in [0.4, 0.5) is 10.5 Å². The molecule has 0 saturated heterocycles. The molecule has 1 aromatic heterocycles. The maximum Gasteiger partial charge on any atom is 0.319 e. The highest BCUT2D eigenvalue weighted by Crippen LogP contribution is 2.18. The SMILES string of the molecule is O=C(Nc1cnn(COc2cccc(Cl)c2)c1)NC1CCCCC1. The summed E-state index contributed by atoms with van der Waals surface area (Å²) in [5.41, 5.74) is 0.637. The van der Waals surface area contributed by atoms with Crippen LogP contribution in [-0.4, -0.2) is 21.9 Å². The molecule has 2 amide bonds. The van der Waals surface area contributed by atoms with Crippen LogP contribution in [0.1, 0.15) is 32.1 Å². The Morgan fingerprint density at radius 1 is 1.33 bits per heavy atom. The van der Waals surface area contributed by atoms with Crippen molar-refractivity contribution in [3.8, 4) is 5.75 Å². The molecule has 0 atom stereocenters. The number of amides is 2. The molecule has 1 saturated carbocycles. The van der Waals surface area contributed by atoms with Gasteiger partial charge in [-0.3, -0.25) is 0 Å². The quantitative estimate of drug-likeness (QED) is 0.857. The van der Waals surface area contributed by atoms with Gasteiger partial charge in [-0.2, -0.15) is 5.10 Å². The first kappa shape index (κ1) is 16.6. The summed E-state index contributed by atoms with van der Waals surface area (Å²) in [5.74, 6) is 0.669. The third kappa shape index (κ3) is 4.89. The number of nitrogens with zero attached hydrogens (tertiary/aromatic N) is 2. The van der Waals surface area contributed by atoms with Crippen LogP contribution in [0, 0.1) is 0 Å². The number of ether oxygens (including phenoxy) is 1. The van der Waals surface area contributed by atoms with Crippen molar-refractivity contribution in [3.05, 3.63) is 41.7 Å². The van der Waals surface area contributed by atoms with E-state index in [4.69, 9.17) is 16.3 Å². The Morgan fingerprint density at radius 3 is 2.96 bits per heavy atom. The fourth-order valence-corrected chi connectivity index (χ4v) is 2.98. The smallest absolute Gasteiger partial charge is 0.319 e. The number of halogens is 1. The van der Waals surface area contributed by atoms with Crippen LogP contribution in [-0.2, 0) is 6.73 Å². The van der Waals surface area contributed by atoms with Crippen molar-refractivity contribution in [3.63, 3.8) is 0 Å². The Labute approximate surface area is 146 Å². The number of urea groups is 1. The molecule has 1 heterocycles. The summed E-state index contributed by atoms with van der Waals surface area (Å²) in [4.78, 5) is 12.0. The van der Waals surface area contributed by atoms with Crippen LogP contribution in [0.3, 0.4) is 0 Å². The Hall–Kier alpha value is -2.21. The molecule has 0 unspecified atom stereocenters. The van der Waals surface area contributed by atoms with Gasteiger partial charge in [-0.25, -0.2) is 9.48 Å². The number of carbonyl (C=O) groups excluding carboxylic acids is 1. The first-order valence-electron chi connectivity index (χ1n) is 8.17. The number of hydrogen-bond donors (Lipinski definition) is 2. The van der Waals surface area contributed by atoms with Gasteiger partial charge in [0.05, 0.1) is 18.1 Å². The number of carbonyl (C=O) groups is 1. The number of benzene rings is 1. The van der Waals surface area contributed by atoms with Gasteiger partial charge in [0.2, 0.25) is 0 Å². The highest BCUT2D eigenvalue weighted by Gasteiger charge is 2.15. The van der Waals surface area contributed by atoms with E-state index in [0.717, 1.165) is 12.8 Å². The van der Waals surface area contributed by atoms with Crippen molar-refractivity contribution in [1.82, 2.24) is 15.1 Å². The Morgan fingerprint density at radius 2 is 2.17 bits per heavy atom. The maximum atomic E-state index is 12.0. The summed E-state index contributed by atoms with van der Waals surface area (Å²) in [6.07, 6.45) is 9.07. The maximum absolute atomic E-state index is 12.0. The molecule has 1 aromatic carbocycles. The first-order chi connectivity index (χ1) is 11.7. The summed E-state index contributed by atoms with van der Waals surface area (Å²) in [6.45, 7) is 0.242. The van der Waals surface area contributed by atoms with E-state index in [9.17, 15) is 4.79 Å². The molecular weight excluding hydrogens is 328 g/mol. The highest BCUT2D eigenvalue weighted by molar-refractivity contribution is 6.30. The van der Waals surface area contributed by atoms with Crippen LogP contribution < -0.4 is 15.4 Å². The van der Waals surface area contributed by atoms with Gasteiger partial charge in [0.1, 0.15) is 5.75 Å². The Bertz CT molecular complexity index is 683. The minimum Gasteiger partial charge on any atom is -0.471 e. The fourth-order valence-electron chi connectivity index (χ4n) is 2.80. The third-order valence-corrected chi connectivity index (χ3v) is 4.23. The summed E-state index contributed by atoms with van der Waals surface area (Å²) in [5, 5.41) is 10.6. The normalized spacial score (nSPS) is 15.0. The number of nitrogens with one attached hydrogen (secondary N) is 2. The minimum atomic E-state index is -0.183. The molecule has 1 aliphatic carbocycles. The molecule has 0 bridgehead atoms. The molecule has 6 nitrogen and oxygen atoms in total. The minimum absolute atomic E-state index is 0.183. The molecule has 1 aliphatic rings. The van der Waals surface area contributed by atoms with Crippen molar-refractivity contribution in [2.24, 2.45) is 0 Å². The van der Waals surface area contributed by atoms with Crippen LogP contribution in [0.15, 0.2) is 36.7 Å². The Kier molecular flexibility index (Phi) is 5.59. The van der Waals surface area contributed by atoms with E-state index in [0.29, 0.717) is 16.5 Å². The molecular formula is C17H21ClN4O2. The number of aromatic nitrogens is 2. The molecule has 2 aromatic rings. The topological polar surface area (TPSA) is 68.2 Å². The van der Waals surface area contributed by atoms with E-state index in [-0.39, 0.29) is 18.8 Å². The summed E-state index contributed by atoms with van der Waals surface area (Å²) >= 11 is 5.91. The average molecular weight is 349 g/mol. The predicted molar refractivity (Wildman–Crippen MR) is 93.3 cm³/mol. The van der Waals surface area contributed by atoms with Crippen LogP contribution in [0.2, 0.25) is 5.02 Å². The second-order valence-corrected chi connectivity index (χ2v) is 6.37. The van der Waals surface area contributed by atoms with E-state index in [1.807, 2.05) is 12.1 Å². The second kappa shape index (κ2) is 8.06. The second-order valence-electron chi connectivity index (χ2n) is 5.93. The van der Waals surface area contributed by atoms with E-state index in [1.165, 1.54) is 19.3 Å². The van der Waals surface area contributed by atoms with Gasteiger partial charge < -0.3 is 15.4 Å². The average Bonchev–Trinajstić information content (AvgIpc) is 3.01. The number of anilines is 1. The van der Waals surface area contributed by atoms with Crippen LogP contribution in [0.5, 0.6) is 5.75 Å². The van der Waals surface area contributed by atoms with Crippen molar-refractivity contribution >= 4 is 23.3 Å². The Balaban J connectivity index is 1.47. The van der Waals surface area contributed by atoms with Gasteiger partial charge >= 0.3 is 6.03 Å². The molecule has 2 N–H and O–H groups in total. The van der Waals surface area contributed by atoms with Gasteiger partial charge in [0, 0.05) is 11.1 Å². The summed E-state index contributed by atoms with van der Waals surface area (Å²) in [6, 6.07) is 7.27. The summed E-state index contributed by atoms with van der Waals surface area (Å²) < 4.78 is 7.21. The van der Waals surface area contributed by atoms with Gasteiger partial charge in [0.15, 0.2) is 6.73 Å². The lowest BCUT2D eigenvalue weighted by atomic mass is 9.96. The van der Waals surface area contributed by atoms with E-state index >= 15 is 0 Å². The molecule has 7 heteroatoms. The first-order valence-corrected chi connectivity index (χ1v) is 8.55. The monoisotopic (exact) mass is 348 g/mol. The van der Waals surface area contributed by atoms with Gasteiger partial charge in [-0.1, -0.05) is 36.9 Å². The molecule has 0 spiro atoms. The molecule has 24 heavy (non-hydrogen) atoms. The third-order valence-electron chi connectivity index (χ3n) is 3.99. The van der Waals surface area contributed by atoms with E-state index < -0.39 is 0 Å². The predicted octanol–water partition coefficient (Wildman–Crippen LogP) is 4.03. The molecule has 128 valence electrons. The molecule has 0 aliphatic heterocycles. The highest BCUT2D eigenvalue weighted by atomic mass is 35.5. The lowest BCUT2D eigenvalue weighted by molar-refractivity contribution is 0.221. The zero-order valence-electron chi connectivity index (χ0n) is 13.4. The largest absolute Gasteiger partial charge is 0.471 e. The van der Waals surface area contributed by atoms with E-state index in [2.05, 4.69) is 15.7 Å². The number of hydrogen-bond acceptors (Lipinski definition) is 3. The van der Waals surface area contributed by atoms with Crippen molar-refractivity contribution < 1.29 is 9.53 Å². The standard InChI is InChI=1S/C17H21ClN4O2/c18-13-5-4-8-16(9-13)24-12-22-11-15(10-19-22)21-17(23)20-14-6-2-1-3-7-14/h4-5,8-11,14H,1-3,6-7,12H2,(H2,20,21,23). The lowest BCUT2D eigenvalue weighted by Crippen LogP contribution is -2.38. The zero-order valence-corrected chi connectivity index (χ0v) is 14.1. The molecule has 1 fully saturated rings. The van der Waals surface area contributed by atoms with Crippen LogP contribution >= 0.6 is 11.6 Å². The van der Waals surface area contributed by atoms with Crippen molar-refractivity contribution in [2.75, 3.05) is 5.32 Å². The van der Waals surface area contributed by atoms with Crippen molar-refractivity contribution in [1.29, 1.82) is 0 Å². The zero-order chi connectivity index (χ0) is 16.8. The van der Waals surface area contributed by atoms with Gasteiger partial charge in [-0.05, 0) is 31.0 Å². The fraction of sp³-hybridized carbons (Fsp3) is 0.412. The number of rotatable bonds is 5. The summed E-state index contributed by atoms with van der Waals surface area (Å²) in [7, 11) is 0.